The van der Waals surface area contributed by atoms with Gasteiger partial charge >= 0.3 is 0 Å². The molecule has 0 saturated heterocycles. The summed E-state index contributed by atoms with van der Waals surface area (Å²) in [6, 6.07) is 8.48. The predicted molar refractivity (Wildman–Crippen MR) is 43.1 cm³/mol. The molecule has 0 amide bonds. The summed E-state index contributed by atoms with van der Waals surface area (Å²) in [5.74, 6) is 0. The molecule has 2 atom stereocenters. The number of aliphatic hydroxyl groups excluding tert-OH is 2. The van der Waals surface area contributed by atoms with Gasteiger partial charge in [-0.3, -0.25) is 0 Å². The fourth-order valence-corrected chi connectivity index (χ4v) is 0.897. The summed E-state index contributed by atoms with van der Waals surface area (Å²) in [7, 11) is 0. The van der Waals surface area contributed by atoms with Crippen LogP contribution in [0.1, 0.15) is 11.7 Å². The minimum atomic E-state index is -1.47. The van der Waals surface area contributed by atoms with E-state index in [4.69, 9.17) is 5.11 Å². The van der Waals surface area contributed by atoms with Crippen LogP contribution in [0.25, 0.3) is 0 Å². The van der Waals surface area contributed by atoms with Crippen LogP contribution < -0.4 is 0 Å². The van der Waals surface area contributed by atoms with E-state index < -0.39 is 12.2 Å². The standard InChI is InChI=1S/C9H9O3.Y/c10-6-8(11)9(12)7-4-2-1-3-5-7;/h1-5,8-9,11-12H;/q-1;/t8-,9-;/m0./s1. The van der Waals surface area contributed by atoms with Crippen LogP contribution in [0.15, 0.2) is 30.3 Å². The summed E-state index contributed by atoms with van der Waals surface area (Å²) in [6.45, 7) is 0. The Bertz CT molecular complexity index is 250. The molecule has 1 aromatic rings. The smallest absolute Gasteiger partial charge is 0.0802 e. The number of hydrogen-bond donors (Lipinski definition) is 2. The second kappa shape index (κ2) is 6.38. The molecule has 4 heteroatoms. The second-order valence-corrected chi connectivity index (χ2v) is 2.42. The van der Waals surface area contributed by atoms with Crippen molar-refractivity contribution in [1.82, 2.24) is 0 Å². The van der Waals surface area contributed by atoms with E-state index in [-0.39, 0.29) is 32.7 Å². The monoisotopic (exact) mass is 254 g/mol. The Labute approximate surface area is 102 Å². The fraction of sp³-hybridized carbons (Fsp3) is 0.222. The molecule has 0 aliphatic carbocycles. The summed E-state index contributed by atoms with van der Waals surface area (Å²) in [6.07, 6.45) is -1.32. The average molecular weight is 254 g/mol. The van der Waals surface area contributed by atoms with Crippen molar-refractivity contribution in [2.45, 2.75) is 12.2 Å². The normalized spacial score (nSPS) is 14.0. The van der Waals surface area contributed by atoms with E-state index in [1.807, 2.05) is 0 Å². The summed E-state index contributed by atoms with van der Waals surface area (Å²) in [5.41, 5.74) is 0.508. The molecule has 0 aliphatic rings. The maximum Gasteiger partial charge on any atom is 0.0802 e. The summed E-state index contributed by atoms with van der Waals surface area (Å²) in [4.78, 5) is 9.98. The van der Waals surface area contributed by atoms with Gasteiger partial charge in [-0.05, 0) is 11.7 Å². The number of benzene rings is 1. The van der Waals surface area contributed by atoms with Crippen LogP contribution >= 0.6 is 0 Å². The van der Waals surface area contributed by atoms with Crippen LogP contribution in [0.3, 0.4) is 0 Å². The molecule has 3 nitrogen and oxygen atoms in total. The molecule has 0 bridgehead atoms. The Kier molecular flexibility index (Phi) is 6.34. The quantitative estimate of drug-likeness (QED) is 0.757. The van der Waals surface area contributed by atoms with Gasteiger partial charge in [-0.1, -0.05) is 30.3 Å². The molecule has 13 heavy (non-hydrogen) atoms. The van der Waals surface area contributed by atoms with Gasteiger partial charge in [-0.15, -0.1) is 0 Å². The number of hydrogen-bond acceptors (Lipinski definition) is 3. The van der Waals surface area contributed by atoms with E-state index in [0.717, 1.165) is 0 Å². The largest absolute Gasteiger partial charge is 0.539 e. The van der Waals surface area contributed by atoms with E-state index in [0.29, 0.717) is 5.56 Å². The van der Waals surface area contributed by atoms with E-state index >= 15 is 0 Å². The molecule has 0 spiro atoms. The Hall–Kier alpha value is -0.0861. The van der Waals surface area contributed by atoms with Crippen molar-refractivity contribution in [2.24, 2.45) is 0 Å². The molecule has 1 radical (unpaired) electrons. The second-order valence-electron chi connectivity index (χ2n) is 2.42. The third-order valence-electron chi connectivity index (χ3n) is 1.56. The number of carbonyl (C=O) groups excluding carboxylic acids is 1. The minimum Gasteiger partial charge on any atom is -0.539 e. The van der Waals surface area contributed by atoms with Gasteiger partial charge < -0.3 is 15.0 Å². The molecular formula is C9H9O3Y-. The van der Waals surface area contributed by atoms with Crippen molar-refractivity contribution in [3.8, 4) is 0 Å². The van der Waals surface area contributed by atoms with Gasteiger partial charge in [0.1, 0.15) is 0 Å². The molecule has 0 aromatic heterocycles. The molecule has 0 heterocycles. The van der Waals surface area contributed by atoms with Gasteiger partial charge in [-0.2, -0.15) is 0 Å². The summed E-state index contributed by atoms with van der Waals surface area (Å²) in [5, 5.41) is 18.2. The first kappa shape index (κ1) is 12.9. The molecule has 0 fully saturated rings. The predicted octanol–water partition coefficient (Wildman–Crippen LogP) is 0.188. The third kappa shape index (κ3) is 3.65. The molecule has 0 unspecified atom stereocenters. The zero-order chi connectivity index (χ0) is 8.97. The van der Waals surface area contributed by atoms with Crippen LogP contribution in [-0.4, -0.2) is 22.6 Å². The molecule has 0 aliphatic heterocycles. The van der Waals surface area contributed by atoms with Gasteiger partial charge in [0.15, 0.2) is 0 Å². The zero-order valence-electron chi connectivity index (χ0n) is 6.92. The molecule has 2 N–H and O–H groups in total. The van der Waals surface area contributed by atoms with Crippen LogP contribution in [0, 0.1) is 0 Å². The van der Waals surface area contributed by atoms with Crippen molar-refractivity contribution < 1.29 is 47.7 Å². The van der Waals surface area contributed by atoms with Gasteiger partial charge in [0.05, 0.1) is 6.10 Å². The maximum atomic E-state index is 9.98. The van der Waals surface area contributed by atoms with Crippen molar-refractivity contribution >= 4 is 6.29 Å². The van der Waals surface area contributed by atoms with E-state index in [2.05, 4.69) is 0 Å². The summed E-state index contributed by atoms with van der Waals surface area (Å²) >= 11 is 0. The van der Waals surface area contributed by atoms with Crippen LogP contribution in [0.2, 0.25) is 0 Å². The first-order chi connectivity index (χ1) is 5.75. The van der Waals surface area contributed by atoms with E-state index in [1.54, 1.807) is 30.3 Å². The SMILES string of the molecule is O=[C-][C@H](O)[C@@H](O)c1ccccc1.[Y]. The first-order valence-electron chi connectivity index (χ1n) is 3.54. The number of aliphatic hydroxyl groups is 2. The van der Waals surface area contributed by atoms with Crippen molar-refractivity contribution in [2.75, 3.05) is 0 Å². The fourth-order valence-electron chi connectivity index (χ4n) is 0.897. The van der Waals surface area contributed by atoms with E-state index in [9.17, 15) is 9.90 Å². The Morgan fingerprint density at radius 2 is 1.69 bits per heavy atom. The van der Waals surface area contributed by atoms with Gasteiger partial charge in [0.25, 0.3) is 0 Å². The van der Waals surface area contributed by atoms with Crippen molar-refractivity contribution in [3.63, 3.8) is 0 Å². The van der Waals surface area contributed by atoms with Crippen molar-refractivity contribution in [1.29, 1.82) is 0 Å². The Morgan fingerprint density at radius 3 is 2.15 bits per heavy atom. The van der Waals surface area contributed by atoms with Gasteiger partial charge in [0, 0.05) is 32.7 Å². The van der Waals surface area contributed by atoms with Crippen molar-refractivity contribution in [3.05, 3.63) is 35.9 Å². The minimum absolute atomic E-state index is 0. The van der Waals surface area contributed by atoms with Gasteiger partial charge in [-0.25, -0.2) is 6.29 Å². The Balaban J connectivity index is 0.00000144. The zero-order valence-corrected chi connectivity index (χ0v) is 9.76. The van der Waals surface area contributed by atoms with Crippen LogP contribution in [0.5, 0.6) is 0 Å². The average Bonchev–Trinajstić information content (AvgIpc) is 2.17. The topological polar surface area (TPSA) is 57.5 Å². The van der Waals surface area contributed by atoms with Gasteiger partial charge in [0.2, 0.25) is 0 Å². The van der Waals surface area contributed by atoms with E-state index in [1.165, 1.54) is 6.29 Å². The molecular weight excluding hydrogens is 245 g/mol. The molecule has 1 rings (SSSR count). The molecule has 67 valence electrons. The number of rotatable bonds is 3. The molecule has 1 aromatic carbocycles. The van der Waals surface area contributed by atoms with Crippen LogP contribution in [0.4, 0.5) is 0 Å². The Morgan fingerprint density at radius 1 is 1.15 bits per heavy atom. The third-order valence-corrected chi connectivity index (χ3v) is 1.56. The van der Waals surface area contributed by atoms with Crippen LogP contribution in [-0.2, 0) is 37.5 Å². The summed E-state index contributed by atoms with van der Waals surface area (Å²) < 4.78 is 0. The maximum absolute atomic E-state index is 9.98. The first-order valence-corrected chi connectivity index (χ1v) is 3.54. The molecule has 0 saturated carbocycles.